The quantitative estimate of drug-likeness (QED) is 0.352. The molecule has 0 radical (unpaired) electrons. The zero-order valence-corrected chi connectivity index (χ0v) is 19.4. The summed E-state index contributed by atoms with van der Waals surface area (Å²) in [4.78, 5) is 44.3. The van der Waals surface area contributed by atoms with Gasteiger partial charge in [0.1, 0.15) is 5.82 Å². The van der Waals surface area contributed by atoms with Crippen molar-refractivity contribution in [1.29, 1.82) is 0 Å². The highest BCUT2D eigenvalue weighted by Crippen LogP contribution is 2.30. The molecule has 34 heavy (non-hydrogen) atoms. The van der Waals surface area contributed by atoms with Crippen LogP contribution in [0.15, 0.2) is 30.6 Å². The summed E-state index contributed by atoms with van der Waals surface area (Å²) in [7, 11) is 0. The summed E-state index contributed by atoms with van der Waals surface area (Å²) in [5.74, 6) is 0.518. The Hall–Kier alpha value is -2.98. The highest BCUT2D eigenvalue weighted by molar-refractivity contribution is 5.95. The average molecular weight is 472 g/mol. The molecule has 3 amide bonds. The van der Waals surface area contributed by atoms with E-state index in [4.69, 9.17) is 4.74 Å². The van der Waals surface area contributed by atoms with Crippen LogP contribution in [0, 0.1) is 5.92 Å². The number of anilines is 1. The Labute approximate surface area is 199 Å². The van der Waals surface area contributed by atoms with E-state index < -0.39 is 6.04 Å². The van der Waals surface area contributed by atoms with Gasteiger partial charge in [0.05, 0.1) is 31.2 Å². The predicted octanol–water partition coefficient (Wildman–Crippen LogP) is 2.21. The van der Waals surface area contributed by atoms with Crippen molar-refractivity contribution in [2.45, 2.75) is 51.0 Å². The molecule has 10 nitrogen and oxygen atoms in total. The number of morpholine rings is 1. The van der Waals surface area contributed by atoms with Crippen LogP contribution in [-0.2, 0) is 14.3 Å². The van der Waals surface area contributed by atoms with Crippen LogP contribution in [0.5, 0.6) is 0 Å². The van der Waals surface area contributed by atoms with Gasteiger partial charge in [0.2, 0.25) is 12.3 Å². The van der Waals surface area contributed by atoms with Crippen LogP contribution in [0.1, 0.15) is 55.3 Å². The van der Waals surface area contributed by atoms with E-state index in [2.05, 4.69) is 9.88 Å². The van der Waals surface area contributed by atoms with Crippen LogP contribution < -0.4 is 4.90 Å². The molecule has 1 atom stereocenters. The molecule has 1 aliphatic carbocycles. The van der Waals surface area contributed by atoms with Crippen molar-refractivity contribution >= 4 is 24.0 Å². The summed E-state index contributed by atoms with van der Waals surface area (Å²) < 4.78 is 5.37. The first-order valence-electron chi connectivity index (χ1n) is 12.1. The molecule has 3 heterocycles. The second-order valence-electron chi connectivity index (χ2n) is 9.07. The highest BCUT2D eigenvalue weighted by Gasteiger charge is 2.32. The molecule has 0 aromatic carbocycles. The lowest BCUT2D eigenvalue weighted by atomic mass is 9.96. The number of ether oxygens (including phenoxy) is 1. The number of aromatic nitrogens is 1. The molecule has 3 aliphatic rings. The molecular weight excluding hydrogens is 438 g/mol. The van der Waals surface area contributed by atoms with E-state index in [1.807, 2.05) is 12.1 Å². The summed E-state index contributed by atoms with van der Waals surface area (Å²) >= 11 is 0. The molecule has 1 saturated carbocycles. The fourth-order valence-electron chi connectivity index (χ4n) is 4.91. The molecule has 1 aromatic heterocycles. The number of hydrogen-bond acceptors (Lipinski definition) is 7. The fraction of sp³-hybridized carbons (Fsp3) is 0.583. The second-order valence-corrected chi connectivity index (χ2v) is 9.07. The molecule has 184 valence electrons. The maximum atomic E-state index is 13.3. The monoisotopic (exact) mass is 471 g/mol. The van der Waals surface area contributed by atoms with Gasteiger partial charge in [-0.1, -0.05) is 31.8 Å². The molecule has 0 bridgehead atoms. The largest absolute Gasteiger partial charge is 0.378 e. The number of rotatable bonds is 8. The Balaban J connectivity index is 1.43. The fourth-order valence-corrected chi connectivity index (χ4v) is 4.91. The normalized spacial score (nSPS) is 19.9. The number of amides is 3. The van der Waals surface area contributed by atoms with E-state index in [1.165, 1.54) is 10.0 Å². The Kier molecular flexibility index (Phi) is 8.12. The van der Waals surface area contributed by atoms with Gasteiger partial charge >= 0.3 is 0 Å². The molecule has 2 fully saturated rings. The summed E-state index contributed by atoms with van der Waals surface area (Å²) in [5, 5.41) is 13.4. The van der Waals surface area contributed by atoms with Gasteiger partial charge in [-0.15, -0.1) is 0 Å². The first kappa shape index (κ1) is 24.2. The predicted molar refractivity (Wildman–Crippen MR) is 124 cm³/mol. The van der Waals surface area contributed by atoms with Crippen LogP contribution >= 0.6 is 0 Å². The molecular formula is C24H33N5O5. The van der Waals surface area contributed by atoms with Crippen molar-refractivity contribution in [3.05, 3.63) is 36.2 Å². The van der Waals surface area contributed by atoms with Gasteiger partial charge in [-0.05, 0) is 30.9 Å². The number of carbonyl (C=O) groups is 3. The number of carbonyl (C=O) groups excluding carboxylic acids is 3. The number of hydrazine groups is 1. The number of pyridine rings is 1. The van der Waals surface area contributed by atoms with Gasteiger partial charge in [0.15, 0.2) is 0 Å². The van der Waals surface area contributed by atoms with E-state index in [1.54, 1.807) is 18.5 Å². The van der Waals surface area contributed by atoms with Crippen LogP contribution in [0.3, 0.4) is 0 Å². The topological polar surface area (TPSA) is 107 Å². The summed E-state index contributed by atoms with van der Waals surface area (Å²) in [6.45, 7) is 3.16. The molecule has 0 spiro atoms. The lowest BCUT2D eigenvalue weighted by Crippen LogP contribution is -2.50. The smallest absolute Gasteiger partial charge is 0.274 e. The summed E-state index contributed by atoms with van der Waals surface area (Å²) in [6.07, 6.45) is 10.8. The maximum absolute atomic E-state index is 13.3. The van der Waals surface area contributed by atoms with Gasteiger partial charge in [-0.2, -0.15) is 0 Å². The van der Waals surface area contributed by atoms with E-state index in [0.29, 0.717) is 55.6 Å². The Morgan fingerprint density at radius 2 is 1.97 bits per heavy atom. The first-order chi connectivity index (χ1) is 16.6. The summed E-state index contributed by atoms with van der Waals surface area (Å²) in [5.41, 5.74) is 0.393. The van der Waals surface area contributed by atoms with Crippen LogP contribution in [0.2, 0.25) is 0 Å². The van der Waals surface area contributed by atoms with Crippen molar-refractivity contribution in [2.24, 2.45) is 5.92 Å². The van der Waals surface area contributed by atoms with Crippen molar-refractivity contribution < 1.29 is 24.3 Å². The molecule has 2 aliphatic heterocycles. The van der Waals surface area contributed by atoms with E-state index in [0.717, 1.165) is 44.6 Å². The van der Waals surface area contributed by atoms with Gasteiger partial charge in [0.25, 0.3) is 5.91 Å². The third-order valence-corrected chi connectivity index (χ3v) is 6.81. The minimum Gasteiger partial charge on any atom is -0.378 e. The van der Waals surface area contributed by atoms with Crippen LogP contribution in [0.4, 0.5) is 5.82 Å². The number of hydroxylamine groups is 2. The van der Waals surface area contributed by atoms with Gasteiger partial charge in [0, 0.05) is 32.0 Å². The third-order valence-electron chi connectivity index (χ3n) is 6.81. The summed E-state index contributed by atoms with van der Waals surface area (Å²) in [6, 6.07) is 2.93. The third kappa shape index (κ3) is 5.74. The van der Waals surface area contributed by atoms with Crippen molar-refractivity contribution in [3.8, 4) is 0 Å². The van der Waals surface area contributed by atoms with E-state index in [9.17, 15) is 19.6 Å². The minimum absolute atomic E-state index is 0.0614. The second kappa shape index (κ2) is 11.4. The lowest BCUT2D eigenvalue weighted by Gasteiger charge is -2.36. The van der Waals surface area contributed by atoms with Gasteiger partial charge < -0.3 is 9.64 Å². The molecule has 1 unspecified atom stereocenters. The SMILES string of the molecule is O=CN(O)C(CC(=O)N1C=CCCN1C(=O)c1ccc(N2CCOCC2)nc1)CC1CCCC1. The highest BCUT2D eigenvalue weighted by atomic mass is 16.5. The Bertz CT molecular complexity index is 880. The standard InChI is InChI=1S/C24H33N5O5/c30-18-29(33)21(15-19-5-1-2-6-19)16-23(31)27-9-3-4-10-28(27)24(32)20-7-8-22(25-17-20)26-11-13-34-14-12-26/h3,7-9,17-19,21,33H,1-2,4-6,10-16H2. The maximum Gasteiger partial charge on any atom is 0.274 e. The van der Waals surface area contributed by atoms with E-state index >= 15 is 0 Å². The zero-order valence-electron chi connectivity index (χ0n) is 19.4. The lowest BCUT2D eigenvalue weighted by molar-refractivity contribution is -0.166. The van der Waals surface area contributed by atoms with Crippen molar-refractivity contribution in [2.75, 3.05) is 37.7 Å². The Morgan fingerprint density at radius 3 is 2.65 bits per heavy atom. The molecule has 1 aromatic rings. The van der Waals surface area contributed by atoms with Crippen molar-refractivity contribution in [3.63, 3.8) is 0 Å². The Morgan fingerprint density at radius 1 is 1.21 bits per heavy atom. The zero-order chi connectivity index (χ0) is 23.9. The molecule has 10 heteroatoms. The van der Waals surface area contributed by atoms with Gasteiger partial charge in [-0.3, -0.25) is 19.6 Å². The minimum atomic E-state index is -0.616. The van der Waals surface area contributed by atoms with Crippen LogP contribution in [0.25, 0.3) is 0 Å². The molecule has 4 rings (SSSR count). The first-order valence-corrected chi connectivity index (χ1v) is 12.1. The number of nitrogens with zero attached hydrogens (tertiary/aromatic N) is 5. The molecule has 1 N–H and O–H groups in total. The average Bonchev–Trinajstić information content (AvgIpc) is 3.41. The van der Waals surface area contributed by atoms with Gasteiger partial charge in [-0.25, -0.2) is 20.1 Å². The van der Waals surface area contributed by atoms with Crippen LogP contribution in [-0.4, -0.2) is 82.4 Å². The molecule has 1 saturated heterocycles. The van der Waals surface area contributed by atoms with Crippen molar-refractivity contribution in [1.82, 2.24) is 20.1 Å². The number of hydrogen-bond donors (Lipinski definition) is 1. The van der Waals surface area contributed by atoms with E-state index in [-0.39, 0.29) is 18.2 Å².